The highest BCUT2D eigenvalue weighted by Crippen LogP contribution is 2.56. The molecule has 6 aliphatic rings. The highest BCUT2D eigenvalue weighted by Gasteiger charge is 2.51. The predicted octanol–water partition coefficient (Wildman–Crippen LogP) is -2.10. The molecule has 5 aromatic heterocycles. The third kappa shape index (κ3) is 22.1. The smallest absolute Gasteiger partial charge is 0.390 e. The number of hydrogen-bond acceptors (Lipinski definition) is 34. The number of aromatic amines is 5. The van der Waals surface area contributed by atoms with Crippen molar-refractivity contribution in [2.24, 2.45) is 5.73 Å². The first kappa shape index (κ1) is 88.3. The molecule has 0 spiro atoms. The maximum atomic E-state index is 14.3. The van der Waals surface area contributed by atoms with Crippen molar-refractivity contribution in [2.45, 2.75) is 203 Å². The predicted molar refractivity (Wildman–Crippen MR) is 384 cm³/mol. The van der Waals surface area contributed by atoms with E-state index >= 15 is 0 Å². The Morgan fingerprint density at radius 2 is 0.667 bits per heavy atom. The SMILES string of the molecule is Cc1cn([C@H]2C[C@H](OP(=O)(O)OC[C@H]3O[C@@H](n4cc(C)c(=O)[nH]c4=O)C[C@@H]3OP(=O)(O)OC[C@H]3O[C@@H](n4cc(C)c(=O)[nH]c4=O)C[C@@H]3OP(=O)(O)OC[C@H]3O[C@@H](n4cc(C)c(=O)[nH]c4=O)C[C@@H]3OP(=O)(O)OC[C@H]3O[C@@H](n4cc(C)c(=O)[nH]c4=O)C[C@@H]3O)[C@@H](COP(=O)(O)OC3CCC(NC(=O)[C@@H](N)CS)CC3)O2)c(=O)[nH]c1=O. The van der Waals surface area contributed by atoms with Crippen LogP contribution in [0.25, 0.3) is 0 Å². The Labute approximate surface area is 644 Å². The van der Waals surface area contributed by atoms with Gasteiger partial charge in [-0.25, -0.2) is 46.8 Å². The molecule has 49 nitrogen and oxygen atoms in total. The van der Waals surface area contributed by atoms with E-state index in [1.54, 1.807) is 0 Å². The maximum Gasteiger partial charge on any atom is 0.472 e. The van der Waals surface area contributed by atoms with Gasteiger partial charge in [-0.1, -0.05) is 0 Å². The number of amides is 1. The minimum absolute atomic E-state index is 0.00937. The summed E-state index contributed by atoms with van der Waals surface area (Å²) in [7, 11) is -27.3. The minimum atomic E-state index is -5.67. The Kier molecular flexibility index (Phi) is 27.9. The number of phosphoric ester groups is 5. The van der Waals surface area contributed by atoms with Gasteiger partial charge in [0.1, 0.15) is 86.1 Å². The number of H-pyrrole nitrogens is 5. The average Bonchev–Trinajstić information content (AvgIpc) is 1.65. The van der Waals surface area contributed by atoms with Crippen LogP contribution >= 0.6 is 51.7 Å². The highest BCUT2D eigenvalue weighted by atomic mass is 32.1. The van der Waals surface area contributed by atoms with E-state index in [2.05, 4.69) is 42.9 Å². The normalized spacial score (nSPS) is 30.1. The lowest BCUT2D eigenvalue weighted by Gasteiger charge is -2.30. The van der Waals surface area contributed by atoms with Crippen LogP contribution in [0.15, 0.2) is 78.9 Å². The molecular weight excluding hydrogens is 1660 g/mol. The summed E-state index contributed by atoms with van der Waals surface area (Å²) >= 11 is 4.03. The number of nitrogens with two attached hydrogens (primary N) is 1. The maximum absolute atomic E-state index is 14.3. The first-order valence-corrected chi connectivity index (χ1v) is 43.0. The number of nitrogens with one attached hydrogen (secondary N) is 6. The van der Waals surface area contributed by atoms with E-state index in [0.29, 0.717) is 12.8 Å². The zero-order valence-electron chi connectivity index (χ0n) is 60.7. The van der Waals surface area contributed by atoms with Crippen LogP contribution in [0.3, 0.4) is 0 Å². The van der Waals surface area contributed by atoms with Crippen LogP contribution in [0.4, 0.5) is 0 Å². The Balaban J connectivity index is 0.777. The molecule has 11 rings (SSSR count). The number of rotatable bonds is 33. The van der Waals surface area contributed by atoms with Gasteiger partial charge in [-0.2, -0.15) is 12.6 Å². The molecule has 632 valence electrons. The molecule has 5 aliphatic heterocycles. The Bertz CT molecular complexity index is 5290. The Morgan fingerprint density at radius 3 is 0.930 bits per heavy atom. The summed E-state index contributed by atoms with van der Waals surface area (Å²) in [4.78, 5) is 206. The number of carbonyl (C=O) groups excluding carboxylic acids is 1. The van der Waals surface area contributed by atoms with Crippen LogP contribution in [0, 0.1) is 34.6 Å². The van der Waals surface area contributed by atoms with Gasteiger partial charge in [0, 0.05) is 103 Å². The number of aliphatic hydroxyl groups is 1. The summed E-state index contributed by atoms with van der Waals surface area (Å²) in [5.41, 5.74) is -3.29. The lowest BCUT2D eigenvalue weighted by atomic mass is 9.93. The largest absolute Gasteiger partial charge is 0.472 e. The van der Waals surface area contributed by atoms with Crippen LogP contribution in [-0.4, -0.2) is 201 Å². The van der Waals surface area contributed by atoms with Crippen molar-refractivity contribution in [3.8, 4) is 0 Å². The molecule has 5 saturated heterocycles. The summed E-state index contributed by atoms with van der Waals surface area (Å²) in [6, 6.07) is -1.21. The first-order valence-electron chi connectivity index (χ1n) is 34.9. The summed E-state index contributed by atoms with van der Waals surface area (Å²) in [5.74, 6) is -0.358. The van der Waals surface area contributed by atoms with E-state index in [9.17, 15) is 105 Å². The molecule has 114 heavy (non-hydrogen) atoms. The summed E-state index contributed by atoms with van der Waals surface area (Å²) in [5, 5.41) is 13.6. The van der Waals surface area contributed by atoms with Crippen LogP contribution in [0.2, 0.25) is 0 Å². The Morgan fingerprint density at radius 1 is 0.430 bits per heavy atom. The third-order valence-electron chi connectivity index (χ3n) is 19.1. The number of aryl methyl sites for hydroxylation is 5. The van der Waals surface area contributed by atoms with E-state index < -0.39 is 264 Å². The van der Waals surface area contributed by atoms with Crippen molar-refractivity contribution >= 4 is 57.6 Å². The van der Waals surface area contributed by atoms with Crippen molar-refractivity contribution in [1.82, 2.24) is 53.1 Å². The molecule has 5 unspecified atom stereocenters. The van der Waals surface area contributed by atoms with Crippen LogP contribution in [0.5, 0.6) is 0 Å². The monoisotopic (exact) mass is 1740 g/mol. The number of carbonyl (C=O) groups is 1. The minimum Gasteiger partial charge on any atom is -0.390 e. The van der Waals surface area contributed by atoms with E-state index in [1.807, 2.05) is 0 Å². The number of hydrogen-bond donors (Lipinski definition) is 14. The number of phosphoric acid groups is 5. The van der Waals surface area contributed by atoms with Gasteiger partial charge < -0.3 is 64.3 Å². The summed E-state index contributed by atoms with van der Waals surface area (Å²) in [6.07, 6.45) is -21.3. The van der Waals surface area contributed by atoms with Crippen molar-refractivity contribution in [3.63, 3.8) is 0 Å². The molecule has 0 radical (unpaired) electrons. The van der Waals surface area contributed by atoms with Gasteiger partial charge in [0.25, 0.3) is 27.8 Å². The van der Waals surface area contributed by atoms with Gasteiger partial charge in [-0.05, 0) is 60.3 Å². The topological polar surface area (TPSA) is 675 Å². The van der Waals surface area contributed by atoms with Crippen molar-refractivity contribution in [1.29, 1.82) is 0 Å². The fourth-order valence-corrected chi connectivity index (χ4v) is 18.1. The average molecular weight is 1740 g/mol. The quantitative estimate of drug-likeness (QED) is 0.0158. The van der Waals surface area contributed by atoms with Gasteiger partial charge in [-0.3, -0.25) is 122 Å². The molecule has 1 amide bonds. The number of ether oxygens (including phenoxy) is 5. The van der Waals surface area contributed by atoms with Crippen molar-refractivity contribution < 1.29 is 126 Å². The molecule has 1 aliphatic carbocycles. The van der Waals surface area contributed by atoms with Crippen molar-refractivity contribution in [2.75, 3.05) is 38.8 Å². The molecule has 0 bridgehead atoms. The molecule has 6 fully saturated rings. The molecule has 5 aromatic rings. The van der Waals surface area contributed by atoms with Gasteiger partial charge in [-0.15, -0.1) is 0 Å². The molecule has 14 N–H and O–H groups in total. The number of nitrogens with zero attached hydrogens (tertiary/aromatic N) is 5. The fraction of sp³-hybridized carbons (Fsp3) is 0.644. The second-order valence-corrected chi connectivity index (χ2v) is 35.0. The highest BCUT2D eigenvalue weighted by molar-refractivity contribution is 7.80. The molecule has 1 saturated carbocycles. The molecular formula is C59H83N12O37P5S. The molecule has 55 heteroatoms. The van der Waals surface area contributed by atoms with Crippen molar-refractivity contribution in [3.05, 3.63) is 163 Å². The third-order valence-corrected chi connectivity index (χ3v) is 24.6. The van der Waals surface area contributed by atoms with Crippen LogP contribution in [-0.2, 0) is 96.5 Å². The van der Waals surface area contributed by atoms with Crippen LogP contribution < -0.4 is 67.3 Å². The first-order chi connectivity index (χ1) is 53.4. The van der Waals surface area contributed by atoms with Gasteiger partial charge >= 0.3 is 67.6 Å². The van der Waals surface area contributed by atoms with Gasteiger partial charge in [0.15, 0.2) is 0 Å². The lowest BCUT2D eigenvalue weighted by molar-refractivity contribution is -0.123. The summed E-state index contributed by atoms with van der Waals surface area (Å²) in [6.45, 7) is 1.41. The fourth-order valence-electron chi connectivity index (χ4n) is 13.1. The van der Waals surface area contributed by atoms with E-state index in [0.717, 1.165) is 47.6 Å². The number of thiol groups is 1. The van der Waals surface area contributed by atoms with Gasteiger partial charge in [0.05, 0.1) is 51.3 Å². The molecule has 21 atom stereocenters. The second kappa shape index (κ2) is 36.0. The molecule has 0 aromatic carbocycles. The number of aromatic nitrogens is 10. The standard InChI is InChI=1S/C59H83N12O37P5S/c1-26-15-67(55(79)62-49(26)73)44-10-34(72)39(99-44)20-94-110(86,87)105-36-12-46(69-17-28(3)51(75)64-57(69)81)101-41(36)22-96-112(90,91)107-38-14-48(71-19-30(5)53(77)66-59(71)83)103-43(38)24-98-113(92,93)108-37-13-47(70-18-29(4)52(76)65-58(70)82)102-42(37)23-97-111(88,89)106-35-11-45(68-16-27(2)50(74)63-56(68)80)100-40(35)21-95-109(84,85)104-32-8-6-31(7-9-32)61-54(78)33(60)25-114/h15-19,31-48,72,114H,6-14,20-25,60H2,1-5H3,(H,61,78)(H,84,85)(H,86,87)(H,88,89)(H,90,91)(H,92,93)(H,62,73,79)(H,63,74,80)(H,64,75,81)(H,65,76,82)(H,66,77,83)/t31?,32?,33-,34-,35-,36-,37-,38-,39+,40+,41+,42+,43+,44+,45+,46+,47+,48+/m0/s1. The van der Waals surface area contributed by atoms with Gasteiger partial charge in [0.2, 0.25) is 5.91 Å². The summed E-state index contributed by atoms with van der Waals surface area (Å²) < 4.78 is 158. The lowest BCUT2D eigenvalue weighted by Crippen LogP contribution is -2.47. The van der Waals surface area contributed by atoms with E-state index in [4.69, 9.17) is 74.7 Å². The number of aliphatic hydroxyl groups excluding tert-OH is 1. The Hall–Kier alpha value is -6.51. The second-order valence-electron chi connectivity index (χ2n) is 27.6. The zero-order valence-corrected chi connectivity index (χ0v) is 66.1. The molecule has 10 heterocycles. The van der Waals surface area contributed by atoms with Crippen LogP contribution in [0.1, 0.15) is 117 Å². The zero-order chi connectivity index (χ0) is 83.0. The van der Waals surface area contributed by atoms with E-state index in [-0.39, 0.29) is 58.9 Å². The van der Waals surface area contributed by atoms with E-state index in [1.165, 1.54) is 40.8 Å².